The van der Waals surface area contributed by atoms with Crippen LogP contribution in [0, 0.1) is 11.8 Å². The van der Waals surface area contributed by atoms with Gasteiger partial charge < -0.3 is 31.5 Å². The molecule has 3 aliphatic carbocycles. The number of nitrogens with two attached hydrogens (primary N) is 1. The molecule has 1 amide bonds. The van der Waals surface area contributed by atoms with Crippen molar-refractivity contribution in [1.82, 2.24) is 10.2 Å². The number of amides is 1. The number of aromatic hydroxyl groups is 1. The largest absolute Gasteiger partial charge is 0.510 e. The van der Waals surface area contributed by atoms with Gasteiger partial charge in [-0.05, 0) is 50.0 Å². The van der Waals surface area contributed by atoms with Crippen LogP contribution >= 0.6 is 0 Å². The molecule has 3 aliphatic rings. The fourth-order valence-electron chi connectivity index (χ4n) is 5.79. The van der Waals surface area contributed by atoms with Gasteiger partial charge in [0.25, 0.3) is 5.91 Å². The van der Waals surface area contributed by atoms with Crippen LogP contribution in [0.1, 0.15) is 41.8 Å². The lowest BCUT2D eigenvalue weighted by molar-refractivity contribution is -0.148. The van der Waals surface area contributed by atoms with E-state index in [-0.39, 0.29) is 35.8 Å². The van der Waals surface area contributed by atoms with Crippen molar-refractivity contribution < 1.29 is 34.8 Å². The Morgan fingerprint density at radius 3 is 2.46 bits per heavy atom. The van der Waals surface area contributed by atoms with E-state index in [0.717, 1.165) is 5.56 Å². The number of benzene rings is 1. The summed E-state index contributed by atoms with van der Waals surface area (Å²) in [5, 5.41) is 47.5. The van der Waals surface area contributed by atoms with E-state index in [1.54, 1.807) is 20.2 Å². The highest BCUT2D eigenvalue weighted by Crippen LogP contribution is 2.52. The predicted octanol–water partition coefficient (Wildman–Crippen LogP) is 0.619. The van der Waals surface area contributed by atoms with Crippen LogP contribution < -0.4 is 11.1 Å². The molecule has 10 heteroatoms. The van der Waals surface area contributed by atoms with E-state index in [4.69, 9.17) is 5.73 Å². The zero-order valence-electron chi connectivity index (χ0n) is 20.1. The number of rotatable bonds is 5. The standard InChI is InChI=1S/C25H31N3O7/c1-10(2)27-9-11-5-6-15(29)17-13(11)7-12-8-14-19(28(3)4)21(31)18(24(26)34)23(33)25(14,35)22(32)16(12)20(17)30/h5-6,10,12,14,19,27,29,31-32,35H,7-9H2,1-4H3,(H2,26,34)/t12-,14-,19?,25-/m0/s1. The molecule has 0 bridgehead atoms. The number of Topliss-reactive ketones (excluding diaryl/α,β-unsaturated/α-hetero) is 2. The van der Waals surface area contributed by atoms with Gasteiger partial charge in [-0.25, -0.2) is 0 Å². The van der Waals surface area contributed by atoms with E-state index < -0.39 is 58.0 Å². The molecule has 0 spiro atoms. The van der Waals surface area contributed by atoms with Gasteiger partial charge in [0.1, 0.15) is 22.8 Å². The fraction of sp³-hybridized carbons (Fsp3) is 0.480. The maximum atomic E-state index is 13.6. The average Bonchev–Trinajstić information content (AvgIpc) is 2.75. The lowest BCUT2D eigenvalue weighted by Crippen LogP contribution is -2.63. The number of fused-ring (bicyclic) bond motifs is 3. The van der Waals surface area contributed by atoms with Crippen molar-refractivity contribution in [2.24, 2.45) is 17.6 Å². The Balaban J connectivity index is 1.91. The third-order valence-electron chi connectivity index (χ3n) is 7.40. The van der Waals surface area contributed by atoms with Gasteiger partial charge in [-0.1, -0.05) is 19.9 Å². The Kier molecular flexibility index (Phi) is 6.03. The van der Waals surface area contributed by atoms with E-state index in [2.05, 4.69) is 5.32 Å². The normalized spacial score (nSPS) is 28.4. The Morgan fingerprint density at radius 1 is 1.23 bits per heavy atom. The zero-order valence-corrected chi connectivity index (χ0v) is 20.1. The summed E-state index contributed by atoms with van der Waals surface area (Å²) in [4.78, 5) is 40.4. The van der Waals surface area contributed by atoms with Crippen molar-refractivity contribution in [3.8, 4) is 5.75 Å². The van der Waals surface area contributed by atoms with Gasteiger partial charge >= 0.3 is 0 Å². The fourth-order valence-corrected chi connectivity index (χ4v) is 5.79. The van der Waals surface area contributed by atoms with Crippen molar-refractivity contribution in [1.29, 1.82) is 0 Å². The van der Waals surface area contributed by atoms with Crippen LogP contribution in [0.4, 0.5) is 0 Å². The minimum Gasteiger partial charge on any atom is -0.510 e. The van der Waals surface area contributed by atoms with Gasteiger partial charge in [0.2, 0.25) is 5.78 Å². The van der Waals surface area contributed by atoms with Crippen molar-refractivity contribution in [3.05, 3.63) is 51.5 Å². The minimum atomic E-state index is -2.63. The molecule has 188 valence electrons. The summed E-state index contributed by atoms with van der Waals surface area (Å²) in [7, 11) is 3.20. The van der Waals surface area contributed by atoms with Gasteiger partial charge in [0, 0.05) is 24.1 Å². The number of carbonyl (C=O) groups excluding carboxylic acids is 3. The summed E-state index contributed by atoms with van der Waals surface area (Å²) >= 11 is 0. The molecule has 0 saturated heterocycles. The number of hydrogen-bond donors (Lipinski definition) is 6. The van der Waals surface area contributed by atoms with E-state index >= 15 is 0 Å². The smallest absolute Gasteiger partial charge is 0.255 e. The Hall–Kier alpha value is -3.21. The number of aliphatic hydroxyl groups excluding tert-OH is 2. The van der Waals surface area contributed by atoms with Crippen molar-refractivity contribution >= 4 is 17.5 Å². The lowest BCUT2D eigenvalue weighted by Gasteiger charge is -2.50. The number of carbonyl (C=O) groups is 3. The summed E-state index contributed by atoms with van der Waals surface area (Å²) in [6.07, 6.45) is 0.344. The first-order valence-corrected chi connectivity index (χ1v) is 11.5. The van der Waals surface area contributed by atoms with E-state index in [1.165, 1.54) is 11.0 Å². The molecule has 0 heterocycles. The number of phenols is 1. The first-order valence-electron chi connectivity index (χ1n) is 11.5. The number of ketones is 2. The highest BCUT2D eigenvalue weighted by Gasteiger charge is 2.63. The number of hydrogen-bond acceptors (Lipinski definition) is 9. The molecule has 0 saturated carbocycles. The SMILES string of the molecule is CC(C)NCc1ccc(O)c2c1C[C@H]1C[C@H]3C(N(C)C)C(O)=C(C(N)=O)C(=O)[C@@]3(O)C(O)=C1C2=O. The van der Waals surface area contributed by atoms with Crippen LogP contribution in [0.25, 0.3) is 0 Å². The van der Waals surface area contributed by atoms with E-state index in [1.807, 2.05) is 13.8 Å². The second-order valence-electron chi connectivity index (χ2n) is 10.1. The summed E-state index contributed by atoms with van der Waals surface area (Å²) in [6.45, 7) is 4.43. The summed E-state index contributed by atoms with van der Waals surface area (Å²) in [6, 6.07) is 2.33. The second-order valence-corrected chi connectivity index (χ2v) is 10.1. The molecule has 35 heavy (non-hydrogen) atoms. The molecular weight excluding hydrogens is 454 g/mol. The third kappa shape index (κ3) is 3.55. The van der Waals surface area contributed by atoms with Gasteiger partial charge in [-0.2, -0.15) is 0 Å². The Bertz CT molecular complexity index is 1200. The molecule has 4 atom stereocenters. The molecule has 0 aliphatic heterocycles. The summed E-state index contributed by atoms with van der Waals surface area (Å²) < 4.78 is 0. The lowest BCUT2D eigenvalue weighted by atomic mass is 9.58. The molecular formula is C25H31N3O7. The number of likely N-dealkylation sites (N-methyl/N-ethyl adjacent to an activating group) is 1. The number of nitrogens with one attached hydrogen (secondary N) is 1. The number of primary amides is 1. The first-order chi connectivity index (χ1) is 16.3. The molecule has 4 rings (SSSR count). The number of aliphatic hydroxyl groups is 3. The van der Waals surface area contributed by atoms with E-state index in [0.29, 0.717) is 12.1 Å². The van der Waals surface area contributed by atoms with E-state index in [9.17, 15) is 34.8 Å². The van der Waals surface area contributed by atoms with Crippen LogP contribution in [-0.4, -0.2) is 74.6 Å². The van der Waals surface area contributed by atoms with Crippen LogP contribution in [0.15, 0.2) is 34.8 Å². The summed E-state index contributed by atoms with van der Waals surface area (Å²) in [5.41, 5.74) is 3.21. The van der Waals surface area contributed by atoms with Gasteiger partial charge in [0.15, 0.2) is 11.4 Å². The molecule has 0 fully saturated rings. The molecule has 1 aromatic carbocycles. The molecule has 7 N–H and O–H groups in total. The molecule has 10 nitrogen and oxygen atoms in total. The number of nitrogens with zero attached hydrogens (tertiary/aromatic N) is 1. The van der Waals surface area contributed by atoms with Crippen molar-refractivity contribution in [2.45, 2.75) is 50.9 Å². The van der Waals surface area contributed by atoms with Gasteiger partial charge in [0.05, 0.1) is 11.6 Å². The topological polar surface area (TPSA) is 173 Å². The Morgan fingerprint density at radius 2 is 1.89 bits per heavy atom. The van der Waals surface area contributed by atoms with Crippen LogP contribution in [0.5, 0.6) is 5.75 Å². The van der Waals surface area contributed by atoms with Crippen molar-refractivity contribution in [3.63, 3.8) is 0 Å². The molecule has 1 aromatic rings. The van der Waals surface area contributed by atoms with Crippen molar-refractivity contribution in [2.75, 3.05) is 14.1 Å². The number of allylic oxidation sites excluding steroid dienone is 1. The highest BCUT2D eigenvalue weighted by atomic mass is 16.3. The average molecular weight is 486 g/mol. The maximum absolute atomic E-state index is 13.6. The van der Waals surface area contributed by atoms with Crippen LogP contribution in [-0.2, 0) is 22.6 Å². The summed E-state index contributed by atoms with van der Waals surface area (Å²) in [5.74, 6) is -6.49. The number of phenolic OH excluding ortho intramolecular Hbond substituents is 1. The Labute approximate surface area is 202 Å². The third-order valence-corrected chi connectivity index (χ3v) is 7.40. The second kappa shape index (κ2) is 8.47. The molecule has 0 radical (unpaired) electrons. The zero-order chi connectivity index (χ0) is 26.0. The molecule has 1 unspecified atom stereocenters. The predicted molar refractivity (Wildman–Crippen MR) is 126 cm³/mol. The minimum absolute atomic E-state index is 0.0221. The maximum Gasteiger partial charge on any atom is 0.255 e. The van der Waals surface area contributed by atoms with Crippen LogP contribution in [0.3, 0.4) is 0 Å². The molecule has 0 aromatic heterocycles. The van der Waals surface area contributed by atoms with Crippen LogP contribution in [0.2, 0.25) is 0 Å². The first kappa shape index (κ1) is 24.9. The highest BCUT2D eigenvalue weighted by molar-refractivity contribution is 6.24. The monoisotopic (exact) mass is 485 g/mol. The van der Waals surface area contributed by atoms with Gasteiger partial charge in [-0.3, -0.25) is 19.3 Å². The quantitative estimate of drug-likeness (QED) is 0.327. The van der Waals surface area contributed by atoms with Gasteiger partial charge in [-0.15, -0.1) is 0 Å².